The maximum atomic E-state index is 5.24. The Morgan fingerprint density at radius 1 is 0.265 bits per heavy atom. The molecule has 0 amide bonds. The van der Waals surface area contributed by atoms with Crippen LogP contribution < -0.4 is 0 Å². The number of fused-ring (bicyclic) bond motifs is 11. The molecular weight excluding hydrogens is 821 g/mol. The molecule has 0 aliphatic heterocycles. The number of nitrogens with zero attached hydrogens (tertiary/aromatic N) is 2. The summed E-state index contributed by atoms with van der Waals surface area (Å²) >= 11 is 0. The smallest absolute Gasteiger partial charge is 0.0792 e. The van der Waals surface area contributed by atoms with Crippen LogP contribution in [0.15, 0.2) is 207 Å². The van der Waals surface area contributed by atoms with E-state index in [0.717, 1.165) is 21.8 Å². The number of rotatable bonds is 4. The normalized spacial score (nSPS) is 14.1. The largest absolute Gasteiger partial charge is 0.256 e. The summed E-state index contributed by atoms with van der Waals surface area (Å²) in [6, 6.07) is 72.3. The molecular formula is C66H46N2. The van der Waals surface area contributed by atoms with Crippen molar-refractivity contribution >= 4 is 54.1 Å². The van der Waals surface area contributed by atoms with Crippen molar-refractivity contribution in [2.45, 2.75) is 38.5 Å². The predicted molar refractivity (Wildman–Crippen MR) is 286 cm³/mol. The fraction of sp³-hybridized carbons (Fsp3) is 0.0909. The second kappa shape index (κ2) is 14.2. The monoisotopic (exact) mass is 866 g/mol. The third-order valence-corrected chi connectivity index (χ3v) is 15.8. The lowest BCUT2D eigenvalue weighted by Crippen LogP contribution is -2.14. The molecule has 2 aliphatic carbocycles. The molecule has 0 spiro atoms. The van der Waals surface area contributed by atoms with Crippen LogP contribution in [0.5, 0.6) is 0 Å². The standard InChI is InChI=1S/C66H46N2/c1-65(2)55-27-13-11-19-43(55)45-31-29-39(37-57(45)65)59-47-21-7-9-23-49(47)61(53-25-15-35-67-63(53)59)51-33-34-52(42-18-6-5-17-41(42)51)62-50-24-10-8-22-48(50)60(64-54(62)26-16-36-68-64)40-30-32-46-44-20-12-14-28-56(44)66(3,4)58(46)38-40/h5-38H,1-4H3. The van der Waals surface area contributed by atoms with E-state index in [2.05, 4.69) is 222 Å². The van der Waals surface area contributed by atoms with E-state index in [-0.39, 0.29) is 10.8 Å². The van der Waals surface area contributed by atoms with E-state index < -0.39 is 0 Å². The van der Waals surface area contributed by atoms with E-state index in [0.29, 0.717) is 0 Å². The highest BCUT2D eigenvalue weighted by atomic mass is 14.7. The van der Waals surface area contributed by atoms with Crippen LogP contribution >= 0.6 is 0 Å². The van der Waals surface area contributed by atoms with Crippen LogP contribution in [0, 0.1) is 0 Å². The number of hydrogen-bond acceptors (Lipinski definition) is 2. The van der Waals surface area contributed by atoms with Crippen molar-refractivity contribution in [3.05, 3.63) is 229 Å². The molecule has 68 heavy (non-hydrogen) atoms. The van der Waals surface area contributed by atoms with Crippen molar-refractivity contribution in [1.82, 2.24) is 9.97 Å². The topological polar surface area (TPSA) is 25.8 Å². The molecule has 2 heteroatoms. The average molecular weight is 867 g/mol. The second-order valence-electron chi connectivity index (χ2n) is 20.0. The van der Waals surface area contributed by atoms with Crippen LogP contribution in [-0.2, 0) is 10.8 Å². The van der Waals surface area contributed by atoms with Gasteiger partial charge < -0.3 is 0 Å². The molecule has 0 saturated heterocycles. The molecule has 0 unspecified atom stereocenters. The van der Waals surface area contributed by atoms with Gasteiger partial charge in [0, 0.05) is 45.1 Å². The maximum absolute atomic E-state index is 5.24. The predicted octanol–water partition coefficient (Wildman–Crippen LogP) is 17.5. The Hall–Kier alpha value is -8.20. The summed E-state index contributed by atoms with van der Waals surface area (Å²) < 4.78 is 0. The third kappa shape index (κ3) is 5.29. The zero-order valence-corrected chi connectivity index (χ0v) is 38.5. The van der Waals surface area contributed by atoms with Gasteiger partial charge in [-0.1, -0.05) is 198 Å². The number of benzene rings is 10. The van der Waals surface area contributed by atoms with Crippen LogP contribution in [-0.4, -0.2) is 9.97 Å². The lowest BCUT2D eigenvalue weighted by molar-refractivity contribution is 0.660. The molecule has 2 aromatic heterocycles. The zero-order valence-electron chi connectivity index (χ0n) is 38.5. The summed E-state index contributed by atoms with van der Waals surface area (Å²) in [7, 11) is 0. The van der Waals surface area contributed by atoms with Gasteiger partial charge in [0.05, 0.1) is 11.0 Å². The fourth-order valence-corrected chi connectivity index (χ4v) is 12.6. The van der Waals surface area contributed by atoms with Gasteiger partial charge in [0.25, 0.3) is 0 Å². The number of pyridine rings is 2. The molecule has 320 valence electrons. The Morgan fingerprint density at radius 3 is 1.01 bits per heavy atom. The van der Waals surface area contributed by atoms with E-state index in [1.54, 1.807) is 0 Å². The Kier molecular flexibility index (Phi) is 8.12. The van der Waals surface area contributed by atoms with Crippen molar-refractivity contribution in [2.24, 2.45) is 0 Å². The Morgan fingerprint density at radius 2 is 0.588 bits per heavy atom. The van der Waals surface area contributed by atoms with Crippen LogP contribution in [0.1, 0.15) is 49.9 Å². The summed E-state index contributed by atoms with van der Waals surface area (Å²) in [6.07, 6.45) is 3.91. The lowest BCUT2D eigenvalue weighted by Gasteiger charge is -2.23. The molecule has 2 heterocycles. The molecule has 0 N–H and O–H groups in total. The maximum Gasteiger partial charge on any atom is 0.0792 e. The van der Waals surface area contributed by atoms with Crippen molar-refractivity contribution in [2.75, 3.05) is 0 Å². The molecule has 2 aliphatic rings. The van der Waals surface area contributed by atoms with E-state index >= 15 is 0 Å². The van der Waals surface area contributed by atoms with Gasteiger partial charge in [-0.3, -0.25) is 9.97 Å². The van der Waals surface area contributed by atoms with Gasteiger partial charge in [-0.15, -0.1) is 0 Å². The van der Waals surface area contributed by atoms with Gasteiger partial charge >= 0.3 is 0 Å². The molecule has 0 atom stereocenters. The third-order valence-electron chi connectivity index (χ3n) is 15.8. The summed E-state index contributed by atoms with van der Waals surface area (Å²) in [5.74, 6) is 0. The molecule has 14 rings (SSSR count). The highest BCUT2D eigenvalue weighted by molar-refractivity contribution is 6.26. The molecule has 12 aromatic rings. The van der Waals surface area contributed by atoms with Crippen molar-refractivity contribution in [1.29, 1.82) is 0 Å². The van der Waals surface area contributed by atoms with Gasteiger partial charge in [0.15, 0.2) is 0 Å². The SMILES string of the molecule is CC1(C)c2ccccc2-c2ccc(-c3c4ccccc4c(-c4ccc(-c5c6ccccc6c(-c6ccc7c(c6)C(C)(C)c6ccccc6-7)c6ncccc56)c5ccccc45)c4cccnc34)cc21. The Balaban J connectivity index is 0.986. The fourth-order valence-electron chi connectivity index (χ4n) is 12.6. The molecule has 0 bridgehead atoms. The highest BCUT2D eigenvalue weighted by Crippen LogP contribution is 2.54. The molecule has 2 nitrogen and oxygen atoms in total. The van der Waals surface area contributed by atoms with E-state index in [1.165, 1.54) is 121 Å². The van der Waals surface area contributed by atoms with Crippen LogP contribution in [0.3, 0.4) is 0 Å². The van der Waals surface area contributed by atoms with Gasteiger partial charge in [-0.25, -0.2) is 0 Å². The van der Waals surface area contributed by atoms with Crippen LogP contribution in [0.4, 0.5) is 0 Å². The summed E-state index contributed by atoms with van der Waals surface area (Å²) in [4.78, 5) is 10.5. The molecule has 10 aromatic carbocycles. The zero-order chi connectivity index (χ0) is 45.5. The van der Waals surface area contributed by atoms with Crippen LogP contribution in [0.2, 0.25) is 0 Å². The average Bonchev–Trinajstić information content (AvgIpc) is 3.75. The van der Waals surface area contributed by atoms with E-state index in [4.69, 9.17) is 9.97 Å². The highest BCUT2D eigenvalue weighted by Gasteiger charge is 2.37. The summed E-state index contributed by atoms with van der Waals surface area (Å²) in [5, 5.41) is 9.54. The van der Waals surface area contributed by atoms with Crippen LogP contribution in [0.25, 0.3) is 121 Å². The summed E-state index contributed by atoms with van der Waals surface area (Å²) in [6.45, 7) is 9.44. The van der Waals surface area contributed by atoms with Crippen molar-refractivity contribution in [3.8, 4) is 66.8 Å². The second-order valence-corrected chi connectivity index (χ2v) is 20.0. The first kappa shape index (κ1) is 39.0. The van der Waals surface area contributed by atoms with Gasteiger partial charge in [0.2, 0.25) is 0 Å². The first-order valence-electron chi connectivity index (χ1n) is 23.9. The van der Waals surface area contributed by atoms with E-state index in [1.807, 2.05) is 12.4 Å². The minimum Gasteiger partial charge on any atom is -0.256 e. The first-order chi connectivity index (χ1) is 33.3. The van der Waals surface area contributed by atoms with Crippen molar-refractivity contribution < 1.29 is 0 Å². The minimum atomic E-state index is -0.111. The molecule has 0 radical (unpaired) electrons. The van der Waals surface area contributed by atoms with Gasteiger partial charge in [-0.2, -0.15) is 0 Å². The lowest BCUT2D eigenvalue weighted by atomic mass is 9.80. The Bertz CT molecular complexity index is 3770. The minimum absolute atomic E-state index is 0.111. The first-order valence-corrected chi connectivity index (χ1v) is 23.9. The van der Waals surface area contributed by atoms with Gasteiger partial charge in [0.1, 0.15) is 0 Å². The number of hydrogen-bond donors (Lipinski definition) is 0. The number of aromatic nitrogens is 2. The molecule has 0 saturated carbocycles. The Labute approximate surface area is 396 Å². The van der Waals surface area contributed by atoms with E-state index in [9.17, 15) is 0 Å². The quantitative estimate of drug-likeness (QED) is 0.165. The summed E-state index contributed by atoms with van der Waals surface area (Å²) in [5.41, 5.74) is 22.2. The van der Waals surface area contributed by atoms with Gasteiger partial charge in [-0.05, 0) is 134 Å². The molecule has 0 fully saturated rings. The van der Waals surface area contributed by atoms with Crippen molar-refractivity contribution in [3.63, 3.8) is 0 Å².